The predicted octanol–water partition coefficient (Wildman–Crippen LogP) is 3.64. The standard InChI is InChI=1S/C15H12N2O5/c1-16-14-5-3-2-4-11(14)10-21-15(18)22-13-8-6-12(7-9-13)17(19)20/h2-9H,1,10H2. The fraction of sp³-hybridized carbons (Fsp3) is 0.0667. The van der Waals surface area contributed by atoms with E-state index in [0.717, 1.165) is 0 Å². The molecule has 0 heterocycles. The SMILES string of the molecule is C=Nc1ccccc1COC(=O)Oc1ccc([N+](=O)[O-])cc1. The fourth-order valence-corrected chi connectivity index (χ4v) is 1.69. The van der Waals surface area contributed by atoms with Gasteiger partial charge in [0.15, 0.2) is 0 Å². The average molecular weight is 300 g/mol. The topological polar surface area (TPSA) is 91.0 Å². The Morgan fingerprint density at radius 1 is 1.18 bits per heavy atom. The van der Waals surface area contributed by atoms with Crippen molar-refractivity contribution < 1.29 is 19.2 Å². The Labute approximate surface area is 126 Å². The van der Waals surface area contributed by atoms with Crippen LogP contribution in [0.15, 0.2) is 53.5 Å². The Bertz CT molecular complexity index is 697. The molecule has 0 atom stereocenters. The van der Waals surface area contributed by atoms with Crippen molar-refractivity contribution in [3.8, 4) is 5.75 Å². The highest BCUT2D eigenvalue weighted by Gasteiger charge is 2.10. The minimum absolute atomic E-state index is 0.0129. The summed E-state index contributed by atoms with van der Waals surface area (Å²) in [6.07, 6.45) is -0.910. The summed E-state index contributed by atoms with van der Waals surface area (Å²) in [6, 6.07) is 12.2. The van der Waals surface area contributed by atoms with Gasteiger partial charge in [-0.15, -0.1) is 0 Å². The van der Waals surface area contributed by atoms with Gasteiger partial charge in [-0.05, 0) is 24.9 Å². The van der Waals surface area contributed by atoms with E-state index in [0.29, 0.717) is 11.3 Å². The molecule has 0 spiro atoms. The van der Waals surface area contributed by atoms with Crippen molar-refractivity contribution in [1.82, 2.24) is 0 Å². The molecule has 7 nitrogen and oxygen atoms in total. The normalized spacial score (nSPS) is 9.82. The summed E-state index contributed by atoms with van der Waals surface area (Å²) < 4.78 is 9.88. The maximum absolute atomic E-state index is 11.6. The van der Waals surface area contributed by atoms with Crippen molar-refractivity contribution in [2.24, 2.45) is 4.99 Å². The minimum atomic E-state index is -0.910. The molecule has 2 rings (SSSR count). The number of carbonyl (C=O) groups is 1. The van der Waals surface area contributed by atoms with Crippen molar-refractivity contribution in [3.63, 3.8) is 0 Å². The molecule has 0 saturated heterocycles. The lowest BCUT2D eigenvalue weighted by molar-refractivity contribution is -0.384. The molecule has 0 radical (unpaired) electrons. The molecule has 112 valence electrons. The van der Waals surface area contributed by atoms with E-state index < -0.39 is 11.1 Å². The number of aliphatic imine (C=N–C) groups is 1. The van der Waals surface area contributed by atoms with E-state index in [1.54, 1.807) is 24.3 Å². The van der Waals surface area contributed by atoms with Crippen molar-refractivity contribution in [3.05, 3.63) is 64.2 Å². The van der Waals surface area contributed by atoms with Gasteiger partial charge in [0, 0.05) is 17.7 Å². The summed E-state index contributed by atoms with van der Waals surface area (Å²) in [5.41, 5.74) is 1.22. The number of non-ortho nitro benzene ring substituents is 1. The highest BCUT2D eigenvalue weighted by atomic mass is 16.7. The Morgan fingerprint density at radius 3 is 2.50 bits per heavy atom. The van der Waals surface area contributed by atoms with Crippen molar-refractivity contribution in [1.29, 1.82) is 0 Å². The summed E-state index contributed by atoms with van der Waals surface area (Å²) in [4.78, 5) is 25.4. The smallest absolute Gasteiger partial charge is 0.429 e. The van der Waals surface area contributed by atoms with Gasteiger partial charge in [0.2, 0.25) is 0 Å². The van der Waals surface area contributed by atoms with Gasteiger partial charge in [-0.25, -0.2) is 4.79 Å². The Balaban J connectivity index is 1.93. The maximum Gasteiger partial charge on any atom is 0.514 e. The number of ether oxygens (including phenoxy) is 2. The first-order valence-corrected chi connectivity index (χ1v) is 6.24. The summed E-state index contributed by atoms with van der Waals surface area (Å²) in [5.74, 6) is 0.158. The van der Waals surface area contributed by atoms with Crippen LogP contribution in [0.2, 0.25) is 0 Å². The van der Waals surface area contributed by atoms with Gasteiger partial charge in [-0.3, -0.25) is 15.1 Å². The van der Waals surface area contributed by atoms with E-state index in [2.05, 4.69) is 11.7 Å². The number of para-hydroxylation sites is 1. The van der Waals surface area contributed by atoms with Crippen LogP contribution in [0.5, 0.6) is 5.75 Å². The number of benzene rings is 2. The van der Waals surface area contributed by atoms with E-state index in [1.807, 2.05) is 0 Å². The number of carbonyl (C=O) groups excluding carboxylic acids is 1. The molecular weight excluding hydrogens is 288 g/mol. The zero-order valence-electron chi connectivity index (χ0n) is 11.5. The van der Waals surface area contributed by atoms with Crippen molar-refractivity contribution in [2.45, 2.75) is 6.61 Å². The second-order valence-corrected chi connectivity index (χ2v) is 4.18. The fourth-order valence-electron chi connectivity index (χ4n) is 1.69. The van der Waals surface area contributed by atoms with Crippen LogP contribution in [0.25, 0.3) is 0 Å². The van der Waals surface area contributed by atoms with E-state index in [-0.39, 0.29) is 18.0 Å². The number of rotatable bonds is 5. The summed E-state index contributed by atoms with van der Waals surface area (Å²) >= 11 is 0. The largest absolute Gasteiger partial charge is 0.514 e. The van der Waals surface area contributed by atoms with Crippen LogP contribution in [-0.2, 0) is 11.3 Å². The van der Waals surface area contributed by atoms with Crippen molar-refractivity contribution >= 4 is 24.2 Å². The third-order valence-electron chi connectivity index (χ3n) is 2.76. The number of nitrogens with zero attached hydrogens (tertiary/aromatic N) is 2. The Hall–Kier alpha value is -3.22. The molecule has 0 saturated carbocycles. The Kier molecular flexibility index (Phi) is 4.81. The zero-order valence-corrected chi connectivity index (χ0v) is 11.5. The van der Waals surface area contributed by atoms with E-state index in [9.17, 15) is 14.9 Å². The molecule has 0 aromatic heterocycles. The summed E-state index contributed by atoms with van der Waals surface area (Å²) in [5, 5.41) is 10.5. The molecule has 0 aliphatic rings. The number of hydrogen-bond acceptors (Lipinski definition) is 6. The monoisotopic (exact) mass is 300 g/mol. The predicted molar refractivity (Wildman–Crippen MR) is 79.6 cm³/mol. The second-order valence-electron chi connectivity index (χ2n) is 4.18. The highest BCUT2D eigenvalue weighted by molar-refractivity contribution is 5.64. The van der Waals surface area contributed by atoms with Gasteiger partial charge in [-0.1, -0.05) is 18.2 Å². The Morgan fingerprint density at radius 2 is 1.86 bits per heavy atom. The minimum Gasteiger partial charge on any atom is -0.429 e. The van der Waals surface area contributed by atoms with Gasteiger partial charge in [0.1, 0.15) is 12.4 Å². The van der Waals surface area contributed by atoms with Crippen LogP contribution in [-0.4, -0.2) is 17.8 Å². The van der Waals surface area contributed by atoms with Crippen LogP contribution in [0.4, 0.5) is 16.2 Å². The van der Waals surface area contributed by atoms with Crippen LogP contribution in [0, 0.1) is 10.1 Å². The van der Waals surface area contributed by atoms with Gasteiger partial charge >= 0.3 is 6.16 Å². The highest BCUT2D eigenvalue weighted by Crippen LogP contribution is 2.20. The molecular formula is C15H12N2O5. The average Bonchev–Trinajstić information content (AvgIpc) is 2.53. The zero-order chi connectivity index (χ0) is 15.9. The van der Waals surface area contributed by atoms with Crippen LogP contribution in [0.1, 0.15) is 5.56 Å². The lowest BCUT2D eigenvalue weighted by atomic mass is 10.2. The second kappa shape index (κ2) is 6.98. The maximum atomic E-state index is 11.6. The van der Waals surface area contributed by atoms with E-state index in [1.165, 1.54) is 24.3 Å². The first-order valence-electron chi connectivity index (χ1n) is 6.24. The summed E-state index contributed by atoms with van der Waals surface area (Å²) in [6.45, 7) is 3.42. The molecule has 0 aliphatic carbocycles. The molecule has 0 bridgehead atoms. The molecule has 0 aliphatic heterocycles. The first-order chi connectivity index (χ1) is 10.6. The third-order valence-corrected chi connectivity index (χ3v) is 2.76. The van der Waals surface area contributed by atoms with Crippen molar-refractivity contribution in [2.75, 3.05) is 0 Å². The number of nitro benzene ring substituents is 1. The molecule has 7 heteroatoms. The van der Waals surface area contributed by atoms with Gasteiger partial charge in [-0.2, -0.15) is 0 Å². The number of nitro groups is 1. The molecule has 2 aromatic carbocycles. The van der Waals surface area contributed by atoms with Crippen LogP contribution >= 0.6 is 0 Å². The van der Waals surface area contributed by atoms with Gasteiger partial charge in [0.25, 0.3) is 5.69 Å². The molecule has 0 unspecified atom stereocenters. The third kappa shape index (κ3) is 3.89. The van der Waals surface area contributed by atoms with Gasteiger partial charge < -0.3 is 9.47 Å². The lowest BCUT2D eigenvalue weighted by Crippen LogP contribution is -2.10. The van der Waals surface area contributed by atoms with Crippen LogP contribution in [0.3, 0.4) is 0 Å². The molecule has 0 fully saturated rings. The molecule has 2 aromatic rings. The van der Waals surface area contributed by atoms with Gasteiger partial charge in [0.05, 0.1) is 10.6 Å². The first kappa shape index (κ1) is 15.2. The van der Waals surface area contributed by atoms with E-state index >= 15 is 0 Å². The van der Waals surface area contributed by atoms with E-state index in [4.69, 9.17) is 9.47 Å². The molecule has 0 amide bonds. The quantitative estimate of drug-likeness (QED) is 0.276. The number of hydrogen-bond donors (Lipinski definition) is 0. The lowest BCUT2D eigenvalue weighted by Gasteiger charge is -2.07. The molecule has 0 N–H and O–H groups in total. The summed E-state index contributed by atoms with van der Waals surface area (Å²) in [7, 11) is 0. The van der Waals surface area contributed by atoms with Crippen LogP contribution < -0.4 is 4.74 Å². The molecule has 22 heavy (non-hydrogen) atoms.